The van der Waals surface area contributed by atoms with E-state index in [1.807, 2.05) is 0 Å². The van der Waals surface area contributed by atoms with Crippen LogP contribution in [0.3, 0.4) is 0 Å². The molecule has 0 aliphatic carbocycles. The maximum absolute atomic E-state index is 10.0. The summed E-state index contributed by atoms with van der Waals surface area (Å²) < 4.78 is 8.13. The van der Waals surface area contributed by atoms with E-state index in [4.69, 9.17) is 10.2 Å². The van der Waals surface area contributed by atoms with Gasteiger partial charge in [0.2, 0.25) is 0 Å². The molecule has 0 radical (unpaired) electrons. The Morgan fingerprint density at radius 2 is 1.77 bits per heavy atom. The second-order valence-electron chi connectivity index (χ2n) is 1.93. The SMILES string of the molecule is COC(=O)C(C)O.COC(=O)CO. The first kappa shape index (κ1) is 14.4. The smallest absolute Gasteiger partial charge is 0.334 e. The summed E-state index contributed by atoms with van der Waals surface area (Å²) in [5, 5.41) is 16.2. The standard InChI is InChI=1S/C4H8O3.C3H6O3/c1-3(5)4(6)7-2;1-6-3(5)2-4/h3,5H,1-2H3;4H,2H2,1H3. The largest absolute Gasteiger partial charge is 0.467 e. The van der Waals surface area contributed by atoms with Gasteiger partial charge in [-0.15, -0.1) is 0 Å². The van der Waals surface area contributed by atoms with Crippen LogP contribution in [0.1, 0.15) is 6.92 Å². The Balaban J connectivity index is 0. The van der Waals surface area contributed by atoms with Crippen LogP contribution in [0, 0.1) is 0 Å². The fourth-order valence-corrected chi connectivity index (χ4v) is 0.235. The number of hydrogen-bond donors (Lipinski definition) is 2. The topological polar surface area (TPSA) is 93.1 Å². The van der Waals surface area contributed by atoms with Crippen LogP contribution in [-0.2, 0) is 19.1 Å². The van der Waals surface area contributed by atoms with Gasteiger partial charge in [-0.05, 0) is 6.92 Å². The van der Waals surface area contributed by atoms with Crippen molar-refractivity contribution in [2.75, 3.05) is 20.8 Å². The Kier molecular flexibility index (Phi) is 9.91. The molecule has 1 unspecified atom stereocenters. The summed E-state index contributed by atoms with van der Waals surface area (Å²) in [6, 6.07) is 0. The minimum Gasteiger partial charge on any atom is -0.467 e. The molecule has 0 aromatic carbocycles. The maximum atomic E-state index is 10.0. The minimum absolute atomic E-state index is 0.531. The number of rotatable bonds is 2. The van der Waals surface area contributed by atoms with E-state index in [9.17, 15) is 9.59 Å². The fraction of sp³-hybridized carbons (Fsp3) is 0.714. The van der Waals surface area contributed by atoms with Crippen molar-refractivity contribution in [2.24, 2.45) is 0 Å². The first-order valence-electron chi connectivity index (χ1n) is 3.43. The van der Waals surface area contributed by atoms with Gasteiger partial charge < -0.3 is 19.7 Å². The van der Waals surface area contributed by atoms with E-state index in [1.165, 1.54) is 21.1 Å². The number of carbonyl (C=O) groups excluding carboxylic acids is 2. The third kappa shape index (κ3) is 10.9. The van der Waals surface area contributed by atoms with E-state index in [1.54, 1.807) is 0 Å². The lowest BCUT2D eigenvalue weighted by atomic mass is 10.4. The Bertz CT molecular complexity index is 147. The Labute approximate surface area is 76.1 Å². The summed E-state index contributed by atoms with van der Waals surface area (Å²) in [6.07, 6.45) is -0.995. The van der Waals surface area contributed by atoms with Crippen LogP contribution in [0.25, 0.3) is 0 Å². The van der Waals surface area contributed by atoms with Gasteiger partial charge in [-0.1, -0.05) is 0 Å². The molecule has 0 aromatic rings. The van der Waals surface area contributed by atoms with E-state index in [-0.39, 0.29) is 0 Å². The number of ether oxygens (including phenoxy) is 2. The molecular formula is C7H14O6. The van der Waals surface area contributed by atoms with E-state index in [2.05, 4.69) is 9.47 Å². The Morgan fingerprint density at radius 3 is 1.77 bits per heavy atom. The Hall–Kier alpha value is -1.14. The van der Waals surface area contributed by atoms with Gasteiger partial charge in [0, 0.05) is 0 Å². The second-order valence-corrected chi connectivity index (χ2v) is 1.93. The third-order valence-electron chi connectivity index (χ3n) is 0.899. The van der Waals surface area contributed by atoms with Crippen molar-refractivity contribution in [3.8, 4) is 0 Å². The third-order valence-corrected chi connectivity index (χ3v) is 0.899. The molecule has 13 heavy (non-hydrogen) atoms. The van der Waals surface area contributed by atoms with Crippen molar-refractivity contribution in [1.29, 1.82) is 0 Å². The predicted octanol–water partition coefficient (Wildman–Crippen LogP) is -1.31. The van der Waals surface area contributed by atoms with Crippen molar-refractivity contribution in [3.05, 3.63) is 0 Å². The highest BCUT2D eigenvalue weighted by Crippen LogP contribution is 1.80. The van der Waals surface area contributed by atoms with Crippen LogP contribution in [0.15, 0.2) is 0 Å². The van der Waals surface area contributed by atoms with Crippen LogP contribution in [-0.4, -0.2) is 49.1 Å². The zero-order chi connectivity index (χ0) is 10.9. The first-order chi connectivity index (χ1) is 5.99. The van der Waals surface area contributed by atoms with Gasteiger partial charge in [-0.25, -0.2) is 9.59 Å². The van der Waals surface area contributed by atoms with Crippen LogP contribution >= 0.6 is 0 Å². The van der Waals surface area contributed by atoms with Crippen LogP contribution in [0.5, 0.6) is 0 Å². The zero-order valence-electron chi connectivity index (χ0n) is 7.81. The number of hydrogen-bond acceptors (Lipinski definition) is 6. The zero-order valence-corrected chi connectivity index (χ0v) is 7.81. The normalized spacial score (nSPS) is 10.5. The highest BCUT2D eigenvalue weighted by molar-refractivity contribution is 5.73. The number of methoxy groups -OCH3 is 2. The molecule has 6 heteroatoms. The fourth-order valence-electron chi connectivity index (χ4n) is 0.235. The van der Waals surface area contributed by atoms with E-state index in [0.717, 1.165) is 0 Å². The molecule has 0 saturated carbocycles. The summed E-state index contributed by atoms with van der Waals surface area (Å²) >= 11 is 0. The number of aliphatic hydroxyl groups is 2. The van der Waals surface area contributed by atoms with Crippen LogP contribution in [0.4, 0.5) is 0 Å². The molecule has 1 atom stereocenters. The average Bonchev–Trinajstić information content (AvgIpc) is 2.16. The lowest BCUT2D eigenvalue weighted by molar-refractivity contribution is -0.149. The number of aliphatic hydroxyl groups excluding tert-OH is 2. The lowest BCUT2D eigenvalue weighted by Gasteiger charge is -1.97. The highest BCUT2D eigenvalue weighted by Gasteiger charge is 2.05. The van der Waals surface area contributed by atoms with Crippen molar-refractivity contribution in [2.45, 2.75) is 13.0 Å². The molecule has 0 rings (SSSR count). The van der Waals surface area contributed by atoms with Crippen molar-refractivity contribution in [3.63, 3.8) is 0 Å². The number of esters is 2. The molecule has 0 spiro atoms. The minimum atomic E-state index is -0.995. The molecule has 0 heterocycles. The molecule has 0 aliphatic heterocycles. The number of carbonyl (C=O) groups is 2. The van der Waals surface area contributed by atoms with Gasteiger partial charge in [0.1, 0.15) is 12.7 Å². The summed E-state index contributed by atoms with van der Waals surface area (Å²) in [7, 11) is 2.45. The predicted molar refractivity (Wildman–Crippen MR) is 42.8 cm³/mol. The molecule has 0 aromatic heterocycles. The average molecular weight is 194 g/mol. The van der Waals surface area contributed by atoms with Gasteiger partial charge in [0.15, 0.2) is 0 Å². The first-order valence-corrected chi connectivity index (χ1v) is 3.43. The monoisotopic (exact) mass is 194 g/mol. The molecular weight excluding hydrogens is 180 g/mol. The quantitative estimate of drug-likeness (QED) is 0.530. The molecule has 0 bridgehead atoms. The Morgan fingerprint density at radius 1 is 1.31 bits per heavy atom. The van der Waals surface area contributed by atoms with Crippen molar-refractivity contribution in [1.82, 2.24) is 0 Å². The van der Waals surface area contributed by atoms with Gasteiger partial charge in [-0.2, -0.15) is 0 Å². The molecule has 0 saturated heterocycles. The van der Waals surface area contributed by atoms with Crippen LogP contribution in [0.2, 0.25) is 0 Å². The molecule has 78 valence electrons. The van der Waals surface area contributed by atoms with Crippen molar-refractivity contribution < 1.29 is 29.3 Å². The van der Waals surface area contributed by atoms with Gasteiger partial charge in [0.05, 0.1) is 14.2 Å². The van der Waals surface area contributed by atoms with E-state index >= 15 is 0 Å². The molecule has 0 fully saturated rings. The summed E-state index contributed by atoms with van der Waals surface area (Å²) in [5.74, 6) is -1.20. The van der Waals surface area contributed by atoms with E-state index in [0.29, 0.717) is 0 Å². The van der Waals surface area contributed by atoms with Crippen LogP contribution < -0.4 is 0 Å². The maximum Gasteiger partial charge on any atom is 0.334 e. The molecule has 6 nitrogen and oxygen atoms in total. The second kappa shape index (κ2) is 8.95. The molecule has 0 amide bonds. The van der Waals surface area contributed by atoms with E-state index < -0.39 is 24.6 Å². The van der Waals surface area contributed by atoms with Gasteiger partial charge in [0.25, 0.3) is 0 Å². The summed E-state index contributed by atoms with van der Waals surface area (Å²) in [4.78, 5) is 19.7. The van der Waals surface area contributed by atoms with Gasteiger partial charge in [-0.3, -0.25) is 0 Å². The summed E-state index contributed by atoms with van der Waals surface area (Å²) in [6.45, 7) is 0.822. The van der Waals surface area contributed by atoms with Gasteiger partial charge >= 0.3 is 11.9 Å². The molecule has 0 aliphatic rings. The molecule has 2 N–H and O–H groups in total. The summed E-state index contributed by atoms with van der Waals surface area (Å²) in [5.41, 5.74) is 0. The highest BCUT2D eigenvalue weighted by atomic mass is 16.5. The lowest BCUT2D eigenvalue weighted by Crippen LogP contribution is -2.16. The van der Waals surface area contributed by atoms with Crippen molar-refractivity contribution >= 4 is 11.9 Å².